The maximum Gasteiger partial charge on any atom is 0.276 e. The third kappa shape index (κ3) is 3.16. The van der Waals surface area contributed by atoms with E-state index in [0.717, 1.165) is 41.8 Å². The van der Waals surface area contributed by atoms with E-state index < -0.39 is 5.91 Å². The first-order valence-electron chi connectivity index (χ1n) is 9.03. The Morgan fingerprint density at radius 3 is 2.71 bits per heavy atom. The van der Waals surface area contributed by atoms with Gasteiger partial charge in [0.15, 0.2) is 5.69 Å². The molecule has 0 aliphatic heterocycles. The number of primary amides is 1. The van der Waals surface area contributed by atoms with Gasteiger partial charge in [0.1, 0.15) is 0 Å². The predicted molar refractivity (Wildman–Crippen MR) is 108 cm³/mol. The van der Waals surface area contributed by atoms with E-state index in [1.165, 1.54) is 18.2 Å². The van der Waals surface area contributed by atoms with Crippen molar-refractivity contribution in [1.82, 2.24) is 9.78 Å². The molecule has 2 aromatic carbocycles. The molecule has 0 bridgehead atoms. The highest BCUT2D eigenvalue weighted by Gasteiger charge is 2.27. The van der Waals surface area contributed by atoms with Gasteiger partial charge >= 0.3 is 0 Å². The van der Waals surface area contributed by atoms with Gasteiger partial charge in [-0.25, -0.2) is 4.68 Å². The van der Waals surface area contributed by atoms with Crippen molar-refractivity contribution in [2.75, 3.05) is 5.32 Å². The molecule has 7 heteroatoms. The van der Waals surface area contributed by atoms with Crippen LogP contribution in [0.4, 0.5) is 5.69 Å². The first-order chi connectivity index (χ1) is 13.5. The van der Waals surface area contributed by atoms with Crippen molar-refractivity contribution in [3.63, 3.8) is 0 Å². The number of aryl methyl sites for hydroxylation is 1. The van der Waals surface area contributed by atoms with Crippen LogP contribution in [-0.2, 0) is 12.8 Å². The molecular formula is C21H19ClN4O2. The van der Waals surface area contributed by atoms with E-state index in [-0.39, 0.29) is 11.5 Å². The Hall–Kier alpha value is -3.12. The first-order valence-corrected chi connectivity index (χ1v) is 9.41. The molecule has 6 nitrogen and oxygen atoms in total. The Bertz CT molecular complexity index is 1100. The lowest BCUT2D eigenvalue weighted by Gasteiger charge is -2.09. The van der Waals surface area contributed by atoms with Crippen molar-refractivity contribution in [1.29, 1.82) is 0 Å². The zero-order valence-corrected chi connectivity index (χ0v) is 16.1. The summed E-state index contributed by atoms with van der Waals surface area (Å²) in [4.78, 5) is 24.4. The average molecular weight is 395 g/mol. The highest BCUT2D eigenvalue weighted by atomic mass is 35.5. The van der Waals surface area contributed by atoms with Crippen LogP contribution in [0.3, 0.4) is 0 Å². The number of fused-ring (bicyclic) bond motifs is 1. The number of benzene rings is 2. The number of nitrogens with two attached hydrogens (primary N) is 1. The monoisotopic (exact) mass is 394 g/mol. The number of amides is 2. The quantitative estimate of drug-likeness (QED) is 0.707. The van der Waals surface area contributed by atoms with Crippen LogP contribution >= 0.6 is 11.6 Å². The molecule has 3 N–H and O–H groups in total. The van der Waals surface area contributed by atoms with E-state index in [1.807, 2.05) is 35.9 Å². The van der Waals surface area contributed by atoms with Crippen LogP contribution in [0.15, 0.2) is 42.5 Å². The topological polar surface area (TPSA) is 90.0 Å². The number of carbonyl (C=O) groups is 2. The second-order valence-electron chi connectivity index (χ2n) is 6.84. The smallest absolute Gasteiger partial charge is 0.276 e. The van der Waals surface area contributed by atoms with Gasteiger partial charge in [-0.15, -0.1) is 0 Å². The van der Waals surface area contributed by atoms with E-state index in [2.05, 4.69) is 10.4 Å². The second-order valence-corrected chi connectivity index (χ2v) is 7.25. The number of rotatable bonds is 4. The largest absolute Gasteiger partial charge is 0.366 e. The summed E-state index contributed by atoms with van der Waals surface area (Å²) in [5, 5.41) is 7.72. The summed E-state index contributed by atoms with van der Waals surface area (Å²) in [6.07, 6.45) is 2.66. The number of carbonyl (C=O) groups excluding carboxylic acids is 2. The minimum atomic E-state index is -0.586. The molecule has 1 aliphatic carbocycles. The number of nitrogens with one attached hydrogen (secondary N) is 1. The Morgan fingerprint density at radius 2 is 1.96 bits per heavy atom. The molecule has 4 rings (SSSR count). The van der Waals surface area contributed by atoms with Crippen LogP contribution in [0, 0.1) is 6.92 Å². The Balaban J connectivity index is 1.72. The van der Waals surface area contributed by atoms with Crippen molar-refractivity contribution in [2.45, 2.75) is 26.2 Å². The van der Waals surface area contributed by atoms with Crippen LogP contribution in [0.25, 0.3) is 5.69 Å². The second kappa shape index (κ2) is 7.13. The third-order valence-electron chi connectivity index (χ3n) is 4.99. The Kier molecular flexibility index (Phi) is 4.65. The molecule has 1 aliphatic rings. The number of para-hydroxylation sites is 1. The fourth-order valence-electron chi connectivity index (χ4n) is 3.58. The fraction of sp³-hybridized carbons (Fsp3) is 0.190. The van der Waals surface area contributed by atoms with Crippen LogP contribution in [0.2, 0.25) is 5.02 Å². The highest BCUT2D eigenvalue weighted by Crippen LogP contribution is 2.30. The van der Waals surface area contributed by atoms with E-state index in [4.69, 9.17) is 17.3 Å². The molecule has 0 fully saturated rings. The minimum absolute atomic E-state index is 0.273. The predicted octanol–water partition coefficient (Wildman–Crippen LogP) is 3.67. The fourth-order valence-corrected chi connectivity index (χ4v) is 3.74. The molecule has 0 saturated carbocycles. The van der Waals surface area contributed by atoms with Gasteiger partial charge in [-0.05, 0) is 56.0 Å². The van der Waals surface area contributed by atoms with Crippen LogP contribution in [0.5, 0.6) is 0 Å². The summed E-state index contributed by atoms with van der Waals surface area (Å²) in [6, 6.07) is 12.5. The van der Waals surface area contributed by atoms with E-state index in [0.29, 0.717) is 16.4 Å². The van der Waals surface area contributed by atoms with Gasteiger partial charge < -0.3 is 11.1 Å². The molecule has 3 aromatic rings. The minimum Gasteiger partial charge on any atom is -0.366 e. The lowest BCUT2D eigenvalue weighted by molar-refractivity contribution is 0.0995. The molecule has 28 heavy (non-hydrogen) atoms. The number of hydrogen-bond acceptors (Lipinski definition) is 3. The Morgan fingerprint density at radius 1 is 1.18 bits per heavy atom. The summed E-state index contributed by atoms with van der Waals surface area (Å²) in [5.41, 5.74) is 10.4. The zero-order valence-electron chi connectivity index (χ0n) is 15.3. The van der Waals surface area contributed by atoms with Crippen LogP contribution in [0.1, 0.15) is 44.1 Å². The van der Waals surface area contributed by atoms with Gasteiger partial charge in [0, 0.05) is 16.8 Å². The number of halogens is 1. The summed E-state index contributed by atoms with van der Waals surface area (Å²) >= 11 is 6.18. The lowest BCUT2D eigenvalue weighted by Crippen LogP contribution is -2.17. The molecular weight excluding hydrogens is 376 g/mol. The van der Waals surface area contributed by atoms with Crippen molar-refractivity contribution >= 4 is 29.1 Å². The van der Waals surface area contributed by atoms with Crippen molar-refractivity contribution in [2.24, 2.45) is 5.73 Å². The summed E-state index contributed by atoms with van der Waals surface area (Å²) in [6.45, 7) is 2.02. The lowest BCUT2D eigenvalue weighted by atomic mass is 10.1. The van der Waals surface area contributed by atoms with Gasteiger partial charge in [-0.1, -0.05) is 29.8 Å². The van der Waals surface area contributed by atoms with E-state index in [1.54, 1.807) is 0 Å². The van der Waals surface area contributed by atoms with Gasteiger partial charge in [-0.3, -0.25) is 9.59 Å². The number of aromatic nitrogens is 2. The van der Waals surface area contributed by atoms with Crippen LogP contribution < -0.4 is 11.1 Å². The molecule has 0 unspecified atom stereocenters. The molecule has 2 amide bonds. The first kappa shape index (κ1) is 18.3. The van der Waals surface area contributed by atoms with E-state index >= 15 is 0 Å². The van der Waals surface area contributed by atoms with Crippen molar-refractivity contribution < 1.29 is 9.59 Å². The standard InChI is InChI=1S/C21H19ClN4O2/c1-12-5-2-3-7-17(12)26-18-8-4-6-14(18)19(25-26)21(28)24-16-11-13(20(23)27)9-10-15(16)22/h2-3,5,7,9-11H,4,6,8H2,1H3,(H2,23,27)(H,24,28). The van der Waals surface area contributed by atoms with Crippen molar-refractivity contribution in [3.05, 3.63) is 75.6 Å². The third-order valence-corrected chi connectivity index (χ3v) is 5.32. The zero-order chi connectivity index (χ0) is 19.8. The van der Waals surface area contributed by atoms with Crippen LogP contribution in [-0.4, -0.2) is 21.6 Å². The highest BCUT2D eigenvalue weighted by molar-refractivity contribution is 6.34. The number of anilines is 1. The van der Waals surface area contributed by atoms with Gasteiger partial charge in [-0.2, -0.15) is 5.10 Å². The summed E-state index contributed by atoms with van der Waals surface area (Å²) in [5.74, 6) is -0.939. The number of hydrogen-bond donors (Lipinski definition) is 2. The van der Waals surface area contributed by atoms with Gasteiger partial charge in [0.05, 0.1) is 16.4 Å². The summed E-state index contributed by atoms with van der Waals surface area (Å²) < 4.78 is 1.87. The molecule has 0 radical (unpaired) electrons. The molecule has 0 saturated heterocycles. The van der Waals surface area contributed by atoms with E-state index in [9.17, 15) is 9.59 Å². The SMILES string of the molecule is Cc1ccccc1-n1nc(C(=O)Nc2cc(C(N)=O)ccc2Cl)c2c1CCC2. The Labute approximate surface area is 167 Å². The molecule has 1 aromatic heterocycles. The molecule has 1 heterocycles. The maximum atomic E-state index is 13.0. The molecule has 142 valence electrons. The summed E-state index contributed by atoms with van der Waals surface area (Å²) in [7, 11) is 0. The average Bonchev–Trinajstić information content (AvgIpc) is 3.26. The molecule has 0 spiro atoms. The molecule has 0 atom stereocenters. The van der Waals surface area contributed by atoms with Gasteiger partial charge in [0.2, 0.25) is 5.91 Å². The van der Waals surface area contributed by atoms with Gasteiger partial charge in [0.25, 0.3) is 5.91 Å². The normalized spacial score (nSPS) is 12.6. The van der Waals surface area contributed by atoms with Crippen molar-refractivity contribution in [3.8, 4) is 5.69 Å². The number of nitrogens with zero attached hydrogens (tertiary/aromatic N) is 2. The maximum absolute atomic E-state index is 13.0.